The van der Waals surface area contributed by atoms with E-state index < -0.39 is 58.3 Å². The molecule has 0 saturated heterocycles. The minimum atomic E-state index is -2.14. The number of benzene rings is 1. The van der Waals surface area contributed by atoms with Crippen LogP contribution >= 0.6 is 0 Å². The standard InChI is InChI=1S/C14H12N2O8/c1-14(13(21)22,6-5-9(17)18)15-11(19)7-3-2-4-8(16(23)24)10(7)12(15)20/h2-4H,5-6H2,1H3,(H,17,18)(H,21,22). The third-order valence-corrected chi connectivity index (χ3v) is 3.87. The third-order valence-electron chi connectivity index (χ3n) is 3.87. The Labute approximate surface area is 134 Å². The molecular weight excluding hydrogens is 324 g/mol. The zero-order chi connectivity index (χ0) is 18.2. The lowest BCUT2D eigenvalue weighted by Crippen LogP contribution is -2.55. The van der Waals surface area contributed by atoms with Gasteiger partial charge in [0.1, 0.15) is 11.1 Å². The van der Waals surface area contributed by atoms with E-state index in [0.29, 0.717) is 4.90 Å². The fraction of sp³-hybridized carbons (Fsp3) is 0.286. The van der Waals surface area contributed by atoms with Crippen LogP contribution in [0.5, 0.6) is 0 Å². The molecule has 2 N–H and O–H groups in total. The van der Waals surface area contributed by atoms with Crippen molar-refractivity contribution < 1.29 is 34.3 Å². The molecule has 0 aliphatic carbocycles. The maximum absolute atomic E-state index is 12.5. The van der Waals surface area contributed by atoms with Gasteiger partial charge in [-0.3, -0.25) is 29.4 Å². The van der Waals surface area contributed by atoms with Gasteiger partial charge >= 0.3 is 11.9 Å². The highest BCUT2D eigenvalue weighted by molar-refractivity contribution is 6.24. The Morgan fingerprint density at radius 2 is 1.88 bits per heavy atom. The van der Waals surface area contributed by atoms with E-state index in [1.54, 1.807) is 0 Å². The van der Waals surface area contributed by atoms with Gasteiger partial charge in [0, 0.05) is 12.5 Å². The quantitative estimate of drug-likeness (QED) is 0.441. The lowest BCUT2D eigenvalue weighted by atomic mass is 9.93. The van der Waals surface area contributed by atoms with Gasteiger partial charge in [-0.05, 0) is 19.4 Å². The monoisotopic (exact) mass is 336 g/mol. The summed E-state index contributed by atoms with van der Waals surface area (Å²) in [7, 11) is 0. The maximum Gasteiger partial charge on any atom is 0.329 e. The number of hydrogen-bond acceptors (Lipinski definition) is 6. The average molecular weight is 336 g/mol. The van der Waals surface area contributed by atoms with Gasteiger partial charge in [-0.25, -0.2) is 4.79 Å². The number of nitrogens with zero attached hydrogens (tertiary/aromatic N) is 2. The Hall–Kier alpha value is -3.30. The summed E-state index contributed by atoms with van der Waals surface area (Å²) >= 11 is 0. The van der Waals surface area contributed by atoms with Gasteiger partial charge in [-0.1, -0.05) is 6.07 Å². The molecule has 1 heterocycles. The molecule has 10 nitrogen and oxygen atoms in total. The zero-order valence-electron chi connectivity index (χ0n) is 12.4. The lowest BCUT2D eigenvalue weighted by Gasteiger charge is -2.32. The van der Waals surface area contributed by atoms with Crippen molar-refractivity contribution in [1.82, 2.24) is 4.90 Å². The average Bonchev–Trinajstić information content (AvgIpc) is 2.76. The summed E-state index contributed by atoms with van der Waals surface area (Å²) in [5.41, 5.74) is -3.52. The van der Waals surface area contributed by atoms with Crippen LogP contribution in [-0.4, -0.2) is 49.3 Å². The molecule has 1 aromatic carbocycles. The molecular formula is C14H12N2O8. The van der Waals surface area contributed by atoms with Crippen molar-refractivity contribution in [3.63, 3.8) is 0 Å². The number of carboxylic acids is 2. The predicted molar refractivity (Wildman–Crippen MR) is 76.5 cm³/mol. The summed E-state index contributed by atoms with van der Waals surface area (Å²) in [4.78, 5) is 57.9. The maximum atomic E-state index is 12.5. The van der Waals surface area contributed by atoms with Crippen LogP contribution in [0.25, 0.3) is 0 Å². The van der Waals surface area contributed by atoms with E-state index in [1.165, 1.54) is 12.1 Å². The molecule has 2 amide bonds. The molecule has 1 atom stereocenters. The SMILES string of the molecule is CC(CCC(=O)O)(C(=O)O)N1C(=O)c2cccc([N+](=O)[O-])c2C1=O. The largest absolute Gasteiger partial charge is 0.481 e. The molecule has 1 aliphatic rings. The number of imide groups is 1. The van der Waals surface area contributed by atoms with Crippen LogP contribution in [0.3, 0.4) is 0 Å². The van der Waals surface area contributed by atoms with Crippen LogP contribution in [0.4, 0.5) is 5.69 Å². The van der Waals surface area contributed by atoms with Crippen molar-refractivity contribution in [3.05, 3.63) is 39.4 Å². The second-order valence-electron chi connectivity index (χ2n) is 5.38. The first kappa shape index (κ1) is 17.1. The molecule has 0 bridgehead atoms. The highest BCUT2D eigenvalue weighted by atomic mass is 16.6. The number of carbonyl (C=O) groups is 4. The van der Waals surface area contributed by atoms with Crippen LogP contribution in [0, 0.1) is 10.1 Å². The number of fused-ring (bicyclic) bond motifs is 1. The Kier molecular flexibility index (Phi) is 4.07. The van der Waals surface area contributed by atoms with Crippen LogP contribution in [0.1, 0.15) is 40.5 Å². The van der Waals surface area contributed by atoms with Crippen LogP contribution in [-0.2, 0) is 9.59 Å². The smallest absolute Gasteiger partial charge is 0.329 e. The molecule has 1 aromatic rings. The number of rotatable bonds is 6. The van der Waals surface area contributed by atoms with E-state index in [1.807, 2.05) is 0 Å². The molecule has 0 aromatic heterocycles. The number of aliphatic carboxylic acids is 2. The molecule has 0 saturated carbocycles. The second kappa shape index (κ2) is 5.72. The van der Waals surface area contributed by atoms with Crippen molar-refractivity contribution in [2.75, 3.05) is 0 Å². The molecule has 0 spiro atoms. The summed E-state index contributed by atoms with van der Waals surface area (Å²) in [6, 6.07) is 3.42. The van der Waals surface area contributed by atoms with Crippen molar-refractivity contribution in [2.45, 2.75) is 25.3 Å². The highest BCUT2D eigenvalue weighted by Gasteiger charge is 2.53. The number of carboxylic acid groups (broad SMARTS) is 2. The van der Waals surface area contributed by atoms with Gasteiger partial charge in [0.15, 0.2) is 0 Å². The van der Waals surface area contributed by atoms with Crippen molar-refractivity contribution in [3.8, 4) is 0 Å². The molecule has 2 rings (SSSR count). The summed E-state index contributed by atoms with van der Waals surface area (Å²) < 4.78 is 0. The van der Waals surface area contributed by atoms with E-state index in [9.17, 15) is 34.4 Å². The van der Waals surface area contributed by atoms with Crippen molar-refractivity contribution in [2.24, 2.45) is 0 Å². The Bertz CT molecular complexity index is 787. The summed E-state index contributed by atoms with van der Waals surface area (Å²) in [5, 5.41) is 29.2. The second-order valence-corrected chi connectivity index (χ2v) is 5.38. The fourth-order valence-electron chi connectivity index (χ4n) is 2.53. The molecule has 1 unspecified atom stereocenters. The molecule has 0 radical (unpaired) electrons. The normalized spacial score (nSPS) is 15.8. The van der Waals surface area contributed by atoms with Gasteiger partial charge in [0.05, 0.1) is 10.5 Å². The zero-order valence-corrected chi connectivity index (χ0v) is 12.4. The van der Waals surface area contributed by atoms with E-state index in [2.05, 4.69) is 0 Å². The molecule has 0 fully saturated rings. The topological polar surface area (TPSA) is 155 Å². The van der Waals surface area contributed by atoms with E-state index in [-0.39, 0.29) is 5.56 Å². The van der Waals surface area contributed by atoms with Gasteiger partial charge in [-0.15, -0.1) is 0 Å². The van der Waals surface area contributed by atoms with Gasteiger partial charge < -0.3 is 10.2 Å². The van der Waals surface area contributed by atoms with Gasteiger partial charge in [0.2, 0.25) is 0 Å². The minimum Gasteiger partial charge on any atom is -0.481 e. The predicted octanol–water partition coefficient (Wildman–Crippen LogP) is 0.899. The fourth-order valence-corrected chi connectivity index (χ4v) is 2.53. The van der Waals surface area contributed by atoms with E-state index in [0.717, 1.165) is 13.0 Å². The molecule has 10 heteroatoms. The van der Waals surface area contributed by atoms with Crippen LogP contribution in [0.15, 0.2) is 18.2 Å². The number of hydrogen-bond donors (Lipinski definition) is 2. The first-order valence-corrected chi connectivity index (χ1v) is 6.72. The van der Waals surface area contributed by atoms with Gasteiger partial charge in [-0.2, -0.15) is 0 Å². The third kappa shape index (κ3) is 2.47. The summed E-state index contributed by atoms with van der Waals surface area (Å²) in [6.45, 7) is 1.03. The van der Waals surface area contributed by atoms with Crippen molar-refractivity contribution >= 4 is 29.4 Å². The van der Waals surface area contributed by atoms with Gasteiger partial charge in [0.25, 0.3) is 17.5 Å². The molecule has 1 aliphatic heterocycles. The lowest BCUT2D eigenvalue weighted by molar-refractivity contribution is -0.385. The Balaban J connectivity index is 2.56. The number of carbonyl (C=O) groups excluding carboxylic acids is 2. The van der Waals surface area contributed by atoms with Crippen LogP contribution in [0.2, 0.25) is 0 Å². The highest BCUT2D eigenvalue weighted by Crippen LogP contribution is 2.36. The number of nitro groups is 1. The molecule has 24 heavy (non-hydrogen) atoms. The first-order chi connectivity index (χ1) is 11.1. The first-order valence-electron chi connectivity index (χ1n) is 6.72. The Morgan fingerprint density at radius 3 is 2.38 bits per heavy atom. The summed E-state index contributed by atoms with van der Waals surface area (Å²) in [5.74, 6) is -5.02. The number of amides is 2. The summed E-state index contributed by atoms with van der Waals surface area (Å²) in [6.07, 6.45) is -1.13. The van der Waals surface area contributed by atoms with Crippen molar-refractivity contribution in [1.29, 1.82) is 0 Å². The Morgan fingerprint density at radius 1 is 1.25 bits per heavy atom. The van der Waals surface area contributed by atoms with E-state index >= 15 is 0 Å². The minimum absolute atomic E-state index is 0.281. The van der Waals surface area contributed by atoms with Crippen LogP contribution < -0.4 is 0 Å². The van der Waals surface area contributed by atoms with E-state index in [4.69, 9.17) is 5.11 Å². The molecule has 126 valence electrons. The number of nitro benzene ring substituents is 1.